The summed E-state index contributed by atoms with van der Waals surface area (Å²) in [6.07, 6.45) is 7.13. The molecule has 5 heteroatoms. The number of nitrogens with one attached hydrogen (secondary N) is 1. The van der Waals surface area contributed by atoms with Gasteiger partial charge in [-0.2, -0.15) is 0 Å². The second-order valence-electron chi connectivity index (χ2n) is 3.67. The Hall–Kier alpha value is -1.54. The summed E-state index contributed by atoms with van der Waals surface area (Å²) in [6, 6.07) is 0. The van der Waals surface area contributed by atoms with Gasteiger partial charge in [0.2, 0.25) is 5.91 Å². The fourth-order valence-electron chi connectivity index (χ4n) is 1.26. The van der Waals surface area contributed by atoms with Crippen LogP contribution in [0.4, 0.5) is 0 Å². The number of carboxylic acids is 1. The van der Waals surface area contributed by atoms with Crippen LogP contribution in [0, 0.1) is 12.3 Å². The Bertz CT molecular complexity index is 283. The van der Waals surface area contributed by atoms with Crippen LogP contribution in [0.15, 0.2) is 0 Å². The fourth-order valence-corrected chi connectivity index (χ4v) is 1.26. The van der Waals surface area contributed by atoms with Crippen molar-refractivity contribution in [1.29, 1.82) is 0 Å². The van der Waals surface area contributed by atoms with Crippen LogP contribution < -0.4 is 5.32 Å². The largest absolute Gasteiger partial charge is 0.481 e. The SMILES string of the molecule is C#CCCCCC(=O)NCC(CC(=O)O)OC. The van der Waals surface area contributed by atoms with Gasteiger partial charge in [0.25, 0.3) is 0 Å². The number of carbonyl (C=O) groups excluding carboxylic acids is 1. The van der Waals surface area contributed by atoms with E-state index in [1.807, 2.05) is 0 Å². The van der Waals surface area contributed by atoms with Gasteiger partial charge in [-0.05, 0) is 12.8 Å². The number of hydrogen-bond donors (Lipinski definition) is 2. The maximum atomic E-state index is 11.3. The van der Waals surface area contributed by atoms with Gasteiger partial charge in [0.1, 0.15) is 0 Å². The minimum atomic E-state index is -0.944. The van der Waals surface area contributed by atoms with Gasteiger partial charge in [-0.25, -0.2) is 0 Å². The molecule has 0 aromatic heterocycles. The molecule has 0 bridgehead atoms. The summed E-state index contributed by atoms with van der Waals surface area (Å²) in [4.78, 5) is 21.8. The lowest BCUT2D eigenvalue weighted by Gasteiger charge is -2.13. The highest BCUT2D eigenvalue weighted by Crippen LogP contribution is 2.00. The van der Waals surface area contributed by atoms with E-state index in [1.165, 1.54) is 7.11 Å². The number of aliphatic carboxylic acids is 1. The molecule has 2 N–H and O–H groups in total. The topological polar surface area (TPSA) is 75.6 Å². The monoisotopic (exact) mass is 241 g/mol. The maximum absolute atomic E-state index is 11.3. The summed E-state index contributed by atoms with van der Waals surface area (Å²) in [5.74, 6) is 1.46. The molecule has 0 aromatic carbocycles. The molecule has 0 aliphatic carbocycles. The third-order valence-electron chi connectivity index (χ3n) is 2.24. The van der Waals surface area contributed by atoms with E-state index in [2.05, 4.69) is 11.2 Å². The molecule has 1 unspecified atom stereocenters. The first-order valence-corrected chi connectivity index (χ1v) is 5.55. The number of hydrogen-bond acceptors (Lipinski definition) is 3. The molecule has 0 fully saturated rings. The van der Waals surface area contributed by atoms with Crippen molar-refractivity contribution in [3.63, 3.8) is 0 Å². The Kier molecular flexibility index (Phi) is 8.79. The van der Waals surface area contributed by atoms with Gasteiger partial charge in [0, 0.05) is 26.5 Å². The summed E-state index contributed by atoms with van der Waals surface area (Å²) in [5.41, 5.74) is 0. The van der Waals surface area contributed by atoms with Crippen molar-refractivity contribution in [2.75, 3.05) is 13.7 Å². The number of carboxylic acid groups (broad SMARTS) is 1. The third kappa shape index (κ3) is 9.39. The third-order valence-corrected chi connectivity index (χ3v) is 2.24. The molecule has 5 nitrogen and oxygen atoms in total. The predicted octanol–water partition coefficient (Wildman–Crippen LogP) is 0.786. The van der Waals surface area contributed by atoms with Gasteiger partial charge >= 0.3 is 5.97 Å². The number of ether oxygens (including phenoxy) is 1. The van der Waals surface area contributed by atoms with E-state index in [-0.39, 0.29) is 18.9 Å². The van der Waals surface area contributed by atoms with Crippen LogP contribution in [-0.2, 0) is 14.3 Å². The molecule has 1 atom stereocenters. The molecule has 96 valence electrons. The Labute approximate surface area is 102 Å². The van der Waals surface area contributed by atoms with Crippen LogP contribution in [0.2, 0.25) is 0 Å². The molecule has 0 saturated heterocycles. The molecular formula is C12H19NO4. The Morgan fingerprint density at radius 1 is 1.47 bits per heavy atom. The van der Waals surface area contributed by atoms with Crippen molar-refractivity contribution < 1.29 is 19.4 Å². The van der Waals surface area contributed by atoms with E-state index >= 15 is 0 Å². The van der Waals surface area contributed by atoms with E-state index in [9.17, 15) is 9.59 Å². The second kappa shape index (κ2) is 9.67. The summed E-state index contributed by atoms with van der Waals surface area (Å²) >= 11 is 0. The van der Waals surface area contributed by atoms with Gasteiger partial charge in [0.15, 0.2) is 0 Å². The smallest absolute Gasteiger partial charge is 0.306 e. The molecule has 0 spiro atoms. The second-order valence-corrected chi connectivity index (χ2v) is 3.67. The number of amides is 1. The molecule has 0 aliphatic heterocycles. The molecule has 0 radical (unpaired) electrons. The lowest BCUT2D eigenvalue weighted by Crippen LogP contribution is -2.34. The summed E-state index contributed by atoms with van der Waals surface area (Å²) in [7, 11) is 1.42. The molecule has 0 rings (SSSR count). The van der Waals surface area contributed by atoms with Gasteiger partial charge in [-0.1, -0.05) is 0 Å². The summed E-state index contributed by atoms with van der Waals surface area (Å²) in [5, 5.41) is 11.2. The first kappa shape index (κ1) is 15.5. The average molecular weight is 241 g/mol. The molecule has 0 saturated carbocycles. The van der Waals surface area contributed by atoms with Crippen molar-refractivity contribution in [3.8, 4) is 12.3 Å². The standard InChI is InChI=1S/C12H19NO4/c1-3-4-5-6-7-11(14)13-9-10(17-2)8-12(15)16/h1,10H,4-9H2,2H3,(H,13,14)(H,15,16). The molecule has 17 heavy (non-hydrogen) atoms. The van der Waals surface area contributed by atoms with Crippen LogP contribution in [0.5, 0.6) is 0 Å². The van der Waals surface area contributed by atoms with Crippen LogP contribution in [0.1, 0.15) is 32.1 Å². The van der Waals surface area contributed by atoms with E-state index in [4.69, 9.17) is 16.3 Å². The molecular weight excluding hydrogens is 222 g/mol. The zero-order valence-electron chi connectivity index (χ0n) is 10.1. The van der Waals surface area contributed by atoms with E-state index in [0.717, 1.165) is 12.8 Å². The number of unbranched alkanes of at least 4 members (excludes halogenated alkanes) is 2. The van der Waals surface area contributed by atoms with E-state index < -0.39 is 12.1 Å². The summed E-state index contributed by atoms with van der Waals surface area (Å²) in [6.45, 7) is 0.219. The van der Waals surface area contributed by atoms with Crippen molar-refractivity contribution >= 4 is 11.9 Å². The van der Waals surface area contributed by atoms with Crippen LogP contribution in [-0.4, -0.2) is 36.7 Å². The van der Waals surface area contributed by atoms with E-state index in [1.54, 1.807) is 0 Å². The van der Waals surface area contributed by atoms with Gasteiger partial charge in [-0.3, -0.25) is 9.59 Å². The van der Waals surface area contributed by atoms with Crippen molar-refractivity contribution in [1.82, 2.24) is 5.32 Å². The highest BCUT2D eigenvalue weighted by Gasteiger charge is 2.13. The fraction of sp³-hybridized carbons (Fsp3) is 0.667. The van der Waals surface area contributed by atoms with Crippen molar-refractivity contribution in [2.45, 2.75) is 38.2 Å². The summed E-state index contributed by atoms with van der Waals surface area (Å²) < 4.78 is 4.93. The van der Waals surface area contributed by atoms with Crippen molar-refractivity contribution in [2.24, 2.45) is 0 Å². The molecule has 1 amide bonds. The zero-order valence-corrected chi connectivity index (χ0v) is 10.1. The Morgan fingerprint density at radius 2 is 2.18 bits per heavy atom. The lowest BCUT2D eigenvalue weighted by atomic mass is 10.2. The van der Waals surface area contributed by atoms with Crippen molar-refractivity contribution in [3.05, 3.63) is 0 Å². The Balaban J connectivity index is 3.66. The highest BCUT2D eigenvalue weighted by atomic mass is 16.5. The van der Waals surface area contributed by atoms with Gasteiger partial charge in [-0.15, -0.1) is 12.3 Å². The quantitative estimate of drug-likeness (QED) is 0.462. The molecule has 0 aromatic rings. The molecule has 0 aliphatic rings. The average Bonchev–Trinajstić information content (AvgIpc) is 2.29. The normalized spacial score (nSPS) is 11.5. The number of terminal acetylenes is 1. The highest BCUT2D eigenvalue weighted by molar-refractivity contribution is 5.76. The Morgan fingerprint density at radius 3 is 2.71 bits per heavy atom. The first-order valence-electron chi connectivity index (χ1n) is 5.55. The van der Waals surface area contributed by atoms with Gasteiger partial charge < -0.3 is 15.2 Å². The first-order chi connectivity index (χ1) is 8.10. The number of methoxy groups -OCH3 is 1. The van der Waals surface area contributed by atoms with Crippen LogP contribution in [0.25, 0.3) is 0 Å². The lowest BCUT2D eigenvalue weighted by molar-refractivity contribution is -0.140. The number of rotatable bonds is 9. The predicted molar refractivity (Wildman–Crippen MR) is 63.4 cm³/mol. The van der Waals surface area contributed by atoms with Crippen LogP contribution >= 0.6 is 0 Å². The van der Waals surface area contributed by atoms with Crippen LogP contribution in [0.3, 0.4) is 0 Å². The number of carbonyl (C=O) groups is 2. The molecule has 0 heterocycles. The van der Waals surface area contributed by atoms with E-state index in [0.29, 0.717) is 12.8 Å². The minimum Gasteiger partial charge on any atom is -0.481 e. The zero-order chi connectivity index (χ0) is 13.1. The maximum Gasteiger partial charge on any atom is 0.306 e. The van der Waals surface area contributed by atoms with Gasteiger partial charge in [0.05, 0.1) is 12.5 Å². The minimum absolute atomic E-state index is 0.102.